The van der Waals surface area contributed by atoms with Crippen molar-refractivity contribution in [1.29, 1.82) is 0 Å². The Morgan fingerprint density at radius 2 is 2.30 bits per heavy atom. The number of likely N-dealkylation sites (tertiary alicyclic amines) is 1. The second kappa shape index (κ2) is 6.57. The molecule has 0 spiro atoms. The van der Waals surface area contributed by atoms with Gasteiger partial charge in [-0.15, -0.1) is 0 Å². The molecule has 0 saturated carbocycles. The van der Waals surface area contributed by atoms with E-state index in [9.17, 15) is 4.79 Å². The van der Waals surface area contributed by atoms with Crippen LogP contribution in [0.5, 0.6) is 0 Å². The predicted octanol–water partition coefficient (Wildman–Crippen LogP) is 2.26. The first-order chi connectivity index (χ1) is 9.45. The number of anilines is 1. The fourth-order valence-corrected chi connectivity index (χ4v) is 2.69. The molecule has 4 nitrogen and oxygen atoms in total. The van der Waals surface area contributed by atoms with Gasteiger partial charge in [-0.05, 0) is 37.0 Å². The van der Waals surface area contributed by atoms with Gasteiger partial charge in [0.1, 0.15) is 0 Å². The van der Waals surface area contributed by atoms with Crippen LogP contribution in [0.1, 0.15) is 18.9 Å². The molecule has 1 aliphatic rings. The molecule has 2 unspecified atom stereocenters. The van der Waals surface area contributed by atoms with Gasteiger partial charge in [-0.2, -0.15) is 0 Å². The summed E-state index contributed by atoms with van der Waals surface area (Å²) in [7, 11) is 0. The number of halogens is 1. The monoisotopic (exact) mass is 295 g/mol. The summed E-state index contributed by atoms with van der Waals surface area (Å²) in [6.45, 7) is 6.25. The molecule has 2 atom stereocenters. The van der Waals surface area contributed by atoms with Crippen molar-refractivity contribution in [3.05, 3.63) is 28.8 Å². The third kappa shape index (κ3) is 3.95. The van der Waals surface area contributed by atoms with Gasteiger partial charge in [0.2, 0.25) is 5.91 Å². The molecule has 0 radical (unpaired) electrons. The number of nitrogens with one attached hydrogen (secondary N) is 1. The Bertz CT molecular complexity index is 492. The Hall–Kier alpha value is -1.10. The summed E-state index contributed by atoms with van der Waals surface area (Å²) >= 11 is 5.95. The molecule has 110 valence electrons. The van der Waals surface area contributed by atoms with Crippen molar-refractivity contribution < 1.29 is 4.79 Å². The highest BCUT2D eigenvalue weighted by Crippen LogP contribution is 2.20. The van der Waals surface area contributed by atoms with Crippen molar-refractivity contribution in [1.82, 2.24) is 4.90 Å². The minimum atomic E-state index is -0.00182. The van der Waals surface area contributed by atoms with Gasteiger partial charge in [-0.3, -0.25) is 9.69 Å². The molecule has 1 amide bonds. The number of hydrogen-bond donors (Lipinski definition) is 2. The molecule has 1 heterocycles. The average Bonchev–Trinajstić information content (AvgIpc) is 2.38. The minimum absolute atomic E-state index is 0.00182. The van der Waals surface area contributed by atoms with Gasteiger partial charge < -0.3 is 11.1 Å². The molecule has 3 N–H and O–H groups in total. The first-order valence-electron chi connectivity index (χ1n) is 6.99. The first kappa shape index (κ1) is 15.3. The van der Waals surface area contributed by atoms with Gasteiger partial charge in [-0.1, -0.05) is 24.6 Å². The Balaban J connectivity index is 1.91. The van der Waals surface area contributed by atoms with Gasteiger partial charge in [0.15, 0.2) is 0 Å². The van der Waals surface area contributed by atoms with E-state index in [0.717, 1.165) is 30.8 Å². The molecule has 0 aliphatic carbocycles. The Morgan fingerprint density at radius 3 is 3.00 bits per heavy atom. The third-order valence-corrected chi connectivity index (χ3v) is 4.13. The van der Waals surface area contributed by atoms with Crippen molar-refractivity contribution >= 4 is 23.2 Å². The van der Waals surface area contributed by atoms with E-state index >= 15 is 0 Å². The minimum Gasteiger partial charge on any atom is -0.327 e. The van der Waals surface area contributed by atoms with E-state index in [-0.39, 0.29) is 11.9 Å². The summed E-state index contributed by atoms with van der Waals surface area (Å²) in [4.78, 5) is 14.3. The van der Waals surface area contributed by atoms with Gasteiger partial charge >= 0.3 is 0 Å². The number of hydrogen-bond acceptors (Lipinski definition) is 3. The molecular weight excluding hydrogens is 274 g/mol. The highest BCUT2D eigenvalue weighted by Gasteiger charge is 2.24. The van der Waals surface area contributed by atoms with Crippen molar-refractivity contribution in [2.24, 2.45) is 11.7 Å². The van der Waals surface area contributed by atoms with Gasteiger partial charge in [0.05, 0.1) is 6.54 Å². The van der Waals surface area contributed by atoms with Crippen LogP contribution in [0.3, 0.4) is 0 Å². The predicted molar refractivity (Wildman–Crippen MR) is 83.0 cm³/mol. The lowest BCUT2D eigenvalue weighted by molar-refractivity contribution is -0.117. The van der Waals surface area contributed by atoms with Gasteiger partial charge in [0, 0.05) is 29.8 Å². The number of benzene rings is 1. The number of amides is 1. The zero-order valence-corrected chi connectivity index (χ0v) is 12.8. The largest absolute Gasteiger partial charge is 0.327 e. The summed E-state index contributed by atoms with van der Waals surface area (Å²) in [5, 5.41) is 3.56. The van der Waals surface area contributed by atoms with Gasteiger partial charge in [-0.25, -0.2) is 0 Å². The van der Waals surface area contributed by atoms with Crippen LogP contribution in [-0.4, -0.2) is 36.5 Å². The zero-order chi connectivity index (χ0) is 14.7. The van der Waals surface area contributed by atoms with Crippen molar-refractivity contribution in [2.75, 3.05) is 25.0 Å². The lowest BCUT2D eigenvalue weighted by atomic mass is 9.95. The average molecular weight is 296 g/mol. The van der Waals surface area contributed by atoms with Crippen LogP contribution < -0.4 is 11.1 Å². The van der Waals surface area contributed by atoms with Gasteiger partial charge in [0.25, 0.3) is 0 Å². The smallest absolute Gasteiger partial charge is 0.238 e. The molecule has 1 aliphatic heterocycles. The Kier molecular flexibility index (Phi) is 5.02. The third-order valence-electron chi connectivity index (χ3n) is 3.90. The lowest BCUT2D eigenvalue weighted by Crippen LogP contribution is -2.48. The number of carbonyl (C=O) groups excluding carboxylic acids is 1. The number of rotatable bonds is 3. The maximum atomic E-state index is 12.1. The van der Waals surface area contributed by atoms with Crippen LogP contribution in [0.25, 0.3) is 0 Å². The van der Waals surface area contributed by atoms with Crippen LogP contribution in [0, 0.1) is 12.8 Å². The second-order valence-corrected chi connectivity index (χ2v) is 6.11. The number of aryl methyl sites for hydroxylation is 1. The molecule has 0 bridgehead atoms. The maximum absolute atomic E-state index is 12.1. The molecule has 1 aromatic rings. The van der Waals surface area contributed by atoms with Crippen LogP contribution in [-0.2, 0) is 4.79 Å². The lowest BCUT2D eigenvalue weighted by Gasteiger charge is -2.34. The van der Waals surface area contributed by atoms with Crippen molar-refractivity contribution in [3.8, 4) is 0 Å². The van der Waals surface area contributed by atoms with E-state index in [1.54, 1.807) is 6.07 Å². The zero-order valence-electron chi connectivity index (χ0n) is 12.0. The van der Waals surface area contributed by atoms with E-state index in [2.05, 4.69) is 17.1 Å². The molecule has 0 aromatic heterocycles. The van der Waals surface area contributed by atoms with Crippen LogP contribution >= 0.6 is 11.6 Å². The van der Waals surface area contributed by atoms with Crippen LogP contribution in [0.4, 0.5) is 5.69 Å². The molecule has 2 rings (SSSR count). The fraction of sp³-hybridized carbons (Fsp3) is 0.533. The normalized spacial score (nSPS) is 23.6. The molecule has 1 fully saturated rings. The second-order valence-electron chi connectivity index (χ2n) is 5.67. The molecular formula is C15H22ClN3O. The quantitative estimate of drug-likeness (QED) is 0.899. The highest BCUT2D eigenvalue weighted by molar-refractivity contribution is 6.31. The van der Waals surface area contributed by atoms with Crippen molar-refractivity contribution in [3.63, 3.8) is 0 Å². The maximum Gasteiger partial charge on any atom is 0.238 e. The Labute approximate surface area is 125 Å². The molecule has 1 aromatic carbocycles. The van der Waals surface area contributed by atoms with Crippen molar-refractivity contribution in [2.45, 2.75) is 26.3 Å². The number of nitrogens with two attached hydrogens (primary N) is 1. The number of nitrogens with zero attached hydrogens (tertiary/aromatic N) is 1. The number of carbonyl (C=O) groups is 1. The van der Waals surface area contributed by atoms with E-state index < -0.39 is 0 Å². The standard InChI is InChI=1S/C15H22ClN3O/c1-10-3-4-12(16)7-14(10)18-15(20)9-19-6-5-13(17)11(2)8-19/h3-4,7,11,13H,5-6,8-9,17H2,1-2H3,(H,18,20). The number of piperidine rings is 1. The van der Waals surface area contributed by atoms with E-state index in [0.29, 0.717) is 17.5 Å². The fourth-order valence-electron chi connectivity index (χ4n) is 2.52. The first-order valence-corrected chi connectivity index (χ1v) is 7.37. The van der Waals surface area contributed by atoms with Crippen LogP contribution in [0.2, 0.25) is 5.02 Å². The summed E-state index contributed by atoms with van der Waals surface area (Å²) in [5.74, 6) is 0.433. The topological polar surface area (TPSA) is 58.4 Å². The van der Waals surface area contributed by atoms with Crippen LogP contribution in [0.15, 0.2) is 18.2 Å². The van der Waals surface area contributed by atoms with E-state index in [1.165, 1.54) is 0 Å². The Morgan fingerprint density at radius 1 is 1.55 bits per heavy atom. The summed E-state index contributed by atoms with van der Waals surface area (Å²) in [6, 6.07) is 5.76. The summed E-state index contributed by atoms with van der Waals surface area (Å²) in [6.07, 6.45) is 0.949. The molecule has 1 saturated heterocycles. The molecule has 20 heavy (non-hydrogen) atoms. The van der Waals surface area contributed by atoms with E-state index in [4.69, 9.17) is 17.3 Å². The summed E-state index contributed by atoms with van der Waals surface area (Å²) < 4.78 is 0. The van der Waals surface area contributed by atoms with E-state index in [1.807, 2.05) is 19.1 Å². The summed E-state index contributed by atoms with van der Waals surface area (Å²) in [5.41, 5.74) is 7.78. The SMILES string of the molecule is Cc1ccc(Cl)cc1NC(=O)CN1CCC(N)C(C)C1. The highest BCUT2D eigenvalue weighted by atomic mass is 35.5. The molecule has 5 heteroatoms.